The van der Waals surface area contributed by atoms with Crippen molar-refractivity contribution in [3.63, 3.8) is 0 Å². The van der Waals surface area contributed by atoms with Gasteiger partial charge in [0, 0.05) is 0 Å². The molecule has 2 heterocycles. The Hall–Kier alpha value is -2.30. The lowest BCUT2D eigenvalue weighted by Gasteiger charge is -1.98. The van der Waals surface area contributed by atoms with Crippen LogP contribution in [0.25, 0.3) is 6.08 Å². The molecule has 0 aromatic heterocycles. The molecule has 5 heteroatoms. The smallest absolute Gasteiger partial charge is 0.275 e. The minimum absolute atomic E-state index is 0.180. The van der Waals surface area contributed by atoms with E-state index in [1.54, 1.807) is 13.0 Å². The van der Waals surface area contributed by atoms with Gasteiger partial charge in [-0.3, -0.25) is 4.79 Å². The van der Waals surface area contributed by atoms with E-state index in [-0.39, 0.29) is 12.7 Å². The Balaban J connectivity index is 1.96. The van der Waals surface area contributed by atoms with Gasteiger partial charge in [-0.2, -0.15) is 0 Å². The minimum Gasteiger partial charge on any atom is -0.454 e. The average molecular weight is 230 g/mol. The van der Waals surface area contributed by atoms with E-state index in [0.29, 0.717) is 17.3 Å². The molecule has 3 rings (SSSR count). The van der Waals surface area contributed by atoms with Gasteiger partial charge < -0.3 is 14.8 Å². The standard InChI is InChI=1S/C12H10N2O3/c1-7-13-9(12(15)14-7)4-8-2-3-10-11(5-8)17-6-16-10/h2-5H,6H2,1H3,(H,13,14,15)/b9-4-. The number of carbonyl (C=O) groups excluding carboxylic acids is 1. The lowest BCUT2D eigenvalue weighted by molar-refractivity contribution is -0.115. The lowest BCUT2D eigenvalue weighted by atomic mass is 10.1. The van der Waals surface area contributed by atoms with Gasteiger partial charge in [0.15, 0.2) is 11.5 Å². The van der Waals surface area contributed by atoms with Crippen molar-refractivity contribution in [3.8, 4) is 11.5 Å². The van der Waals surface area contributed by atoms with E-state index in [1.807, 2.05) is 18.2 Å². The number of nitrogens with zero attached hydrogens (tertiary/aromatic N) is 1. The summed E-state index contributed by atoms with van der Waals surface area (Å²) in [6.07, 6.45) is 1.72. The Morgan fingerprint density at radius 3 is 2.94 bits per heavy atom. The number of carbonyl (C=O) groups is 1. The molecule has 1 aromatic rings. The summed E-state index contributed by atoms with van der Waals surface area (Å²) in [5.41, 5.74) is 1.26. The van der Waals surface area contributed by atoms with Crippen molar-refractivity contribution in [2.24, 2.45) is 4.99 Å². The Morgan fingerprint density at radius 1 is 1.35 bits per heavy atom. The molecule has 0 atom stereocenters. The van der Waals surface area contributed by atoms with E-state index in [0.717, 1.165) is 11.3 Å². The molecule has 1 aromatic carbocycles. The average Bonchev–Trinajstić information content (AvgIpc) is 2.85. The fourth-order valence-corrected chi connectivity index (χ4v) is 1.75. The molecule has 86 valence electrons. The third kappa shape index (κ3) is 1.75. The van der Waals surface area contributed by atoms with Crippen LogP contribution in [0.5, 0.6) is 11.5 Å². The maximum absolute atomic E-state index is 11.5. The molecule has 1 amide bonds. The van der Waals surface area contributed by atoms with Gasteiger partial charge in [-0.1, -0.05) is 6.07 Å². The molecule has 0 bridgehead atoms. The molecular weight excluding hydrogens is 220 g/mol. The van der Waals surface area contributed by atoms with Gasteiger partial charge in [-0.05, 0) is 30.7 Å². The first kappa shape index (κ1) is 9.89. The van der Waals surface area contributed by atoms with E-state index in [2.05, 4.69) is 10.3 Å². The van der Waals surface area contributed by atoms with Gasteiger partial charge in [0.2, 0.25) is 6.79 Å². The van der Waals surface area contributed by atoms with Crippen LogP contribution in [0.15, 0.2) is 28.9 Å². The number of amides is 1. The van der Waals surface area contributed by atoms with Gasteiger partial charge in [-0.15, -0.1) is 0 Å². The third-order valence-corrected chi connectivity index (χ3v) is 2.52. The number of benzene rings is 1. The molecule has 0 spiro atoms. The zero-order valence-corrected chi connectivity index (χ0v) is 9.19. The summed E-state index contributed by atoms with van der Waals surface area (Å²) < 4.78 is 10.5. The normalized spacial score (nSPS) is 19.5. The Morgan fingerprint density at radius 2 is 2.18 bits per heavy atom. The van der Waals surface area contributed by atoms with E-state index in [1.165, 1.54) is 0 Å². The lowest BCUT2D eigenvalue weighted by Crippen LogP contribution is -2.21. The summed E-state index contributed by atoms with van der Waals surface area (Å²) in [5, 5.41) is 2.63. The number of aliphatic imine (C=N–C) groups is 1. The summed E-state index contributed by atoms with van der Waals surface area (Å²) in [6.45, 7) is 1.99. The van der Waals surface area contributed by atoms with Crippen molar-refractivity contribution in [3.05, 3.63) is 29.5 Å². The maximum atomic E-state index is 11.5. The van der Waals surface area contributed by atoms with Crippen molar-refractivity contribution < 1.29 is 14.3 Å². The topological polar surface area (TPSA) is 59.9 Å². The van der Waals surface area contributed by atoms with E-state index < -0.39 is 0 Å². The molecular formula is C12H10N2O3. The molecule has 17 heavy (non-hydrogen) atoms. The van der Waals surface area contributed by atoms with Crippen molar-refractivity contribution in [2.45, 2.75) is 6.92 Å². The molecule has 2 aliphatic rings. The van der Waals surface area contributed by atoms with Crippen LogP contribution in [0.3, 0.4) is 0 Å². The highest BCUT2D eigenvalue weighted by Crippen LogP contribution is 2.33. The first-order valence-electron chi connectivity index (χ1n) is 5.20. The van der Waals surface area contributed by atoms with E-state index >= 15 is 0 Å². The SMILES string of the molecule is CC1=N/C(=C\c2ccc3c(c2)OCO3)C(=O)N1. The molecule has 0 fully saturated rings. The van der Waals surface area contributed by atoms with Crippen molar-refractivity contribution in [2.75, 3.05) is 6.79 Å². The van der Waals surface area contributed by atoms with Crippen LogP contribution in [0.1, 0.15) is 12.5 Å². The Bertz CT molecular complexity index is 561. The highest BCUT2D eigenvalue weighted by molar-refractivity contribution is 6.13. The van der Waals surface area contributed by atoms with Gasteiger partial charge in [-0.25, -0.2) is 4.99 Å². The molecule has 0 saturated heterocycles. The number of hydrogen-bond donors (Lipinski definition) is 1. The summed E-state index contributed by atoms with van der Waals surface area (Å²) in [5.74, 6) is 1.85. The van der Waals surface area contributed by atoms with E-state index in [9.17, 15) is 4.79 Å². The second-order valence-corrected chi connectivity index (χ2v) is 3.79. The first-order valence-corrected chi connectivity index (χ1v) is 5.20. The number of hydrogen-bond acceptors (Lipinski definition) is 4. The second kappa shape index (κ2) is 3.62. The molecule has 5 nitrogen and oxygen atoms in total. The predicted octanol–water partition coefficient (Wildman–Crippen LogP) is 1.30. The third-order valence-electron chi connectivity index (χ3n) is 2.52. The Kier molecular flexibility index (Phi) is 2.11. The predicted molar refractivity (Wildman–Crippen MR) is 61.8 cm³/mol. The number of rotatable bonds is 1. The number of fused-ring (bicyclic) bond motifs is 1. The van der Waals surface area contributed by atoms with Crippen molar-refractivity contribution in [1.29, 1.82) is 0 Å². The molecule has 2 aliphatic heterocycles. The fraction of sp³-hybridized carbons (Fsp3) is 0.167. The Labute approximate surface area is 97.8 Å². The second-order valence-electron chi connectivity index (χ2n) is 3.79. The van der Waals surface area contributed by atoms with Crippen LogP contribution in [0.2, 0.25) is 0 Å². The summed E-state index contributed by atoms with van der Waals surface area (Å²) >= 11 is 0. The zero-order valence-electron chi connectivity index (χ0n) is 9.19. The van der Waals surface area contributed by atoms with Crippen LogP contribution in [0.4, 0.5) is 0 Å². The summed E-state index contributed by atoms with van der Waals surface area (Å²) in [7, 11) is 0. The van der Waals surface area contributed by atoms with Crippen LogP contribution < -0.4 is 14.8 Å². The molecule has 0 aliphatic carbocycles. The molecule has 0 saturated carbocycles. The first-order chi connectivity index (χ1) is 8.22. The fourth-order valence-electron chi connectivity index (χ4n) is 1.75. The van der Waals surface area contributed by atoms with Crippen LogP contribution in [-0.2, 0) is 4.79 Å². The number of ether oxygens (including phenoxy) is 2. The summed E-state index contributed by atoms with van der Waals surface area (Å²) in [6, 6.07) is 5.50. The quantitative estimate of drug-likeness (QED) is 0.740. The highest BCUT2D eigenvalue weighted by atomic mass is 16.7. The van der Waals surface area contributed by atoms with Crippen LogP contribution in [-0.4, -0.2) is 18.5 Å². The van der Waals surface area contributed by atoms with Crippen molar-refractivity contribution in [1.82, 2.24) is 5.32 Å². The molecule has 0 radical (unpaired) electrons. The minimum atomic E-state index is -0.180. The van der Waals surface area contributed by atoms with Crippen LogP contribution in [0, 0.1) is 0 Å². The van der Waals surface area contributed by atoms with Gasteiger partial charge >= 0.3 is 0 Å². The molecule has 0 unspecified atom stereocenters. The zero-order chi connectivity index (χ0) is 11.8. The van der Waals surface area contributed by atoms with Crippen molar-refractivity contribution >= 4 is 17.8 Å². The van der Waals surface area contributed by atoms with Gasteiger partial charge in [0.1, 0.15) is 11.5 Å². The van der Waals surface area contributed by atoms with Gasteiger partial charge in [0.05, 0.1) is 0 Å². The van der Waals surface area contributed by atoms with Crippen LogP contribution >= 0.6 is 0 Å². The number of nitrogens with one attached hydrogen (secondary N) is 1. The number of amidine groups is 1. The maximum Gasteiger partial charge on any atom is 0.275 e. The monoisotopic (exact) mass is 230 g/mol. The molecule has 1 N–H and O–H groups in total. The highest BCUT2D eigenvalue weighted by Gasteiger charge is 2.17. The largest absolute Gasteiger partial charge is 0.454 e. The van der Waals surface area contributed by atoms with Gasteiger partial charge in [0.25, 0.3) is 5.91 Å². The summed E-state index contributed by atoms with van der Waals surface area (Å²) in [4.78, 5) is 15.6. The van der Waals surface area contributed by atoms with E-state index in [4.69, 9.17) is 9.47 Å².